The van der Waals surface area contributed by atoms with Crippen molar-refractivity contribution in [2.24, 2.45) is 4.99 Å². The Kier molecular flexibility index (Phi) is 6.27. The van der Waals surface area contributed by atoms with Crippen molar-refractivity contribution < 1.29 is 4.74 Å². The Labute approximate surface area is 106 Å². The molecule has 3 nitrogen and oxygen atoms in total. The zero-order valence-electron chi connectivity index (χ0n) is 11.6. The molecule has 0 aromatic carbocycles. The van der Waals surface area contributed by atoms with Crippen molar-refractivity contribution >= 4 is 5.90 Å². The van der Waals surface area contributed by atoms with Gasteiger partial charge in [0.05, 0.1) is 0 Å². The van der Waals surface area contributed by atoms with Crippen LogP contribution in [0.1, 0.15) is 39.5 Å². The molecule has 0 spiro atoms. The number of nitrogens with zero attached hydrogens (tertiary/aromatic N) is 2. The molecule has 1 fully saturated rings. The molecule has 1 unspecified atom stereocenters. The van der Waals surface area contributed by atoms with Gasteiger partial charge in [-0.3, -0.25) is 4.99 Å². The van der Waals surface area contributed by atoms with Crippen molar-refractivity contribution in [2.75, 3.05) is 20.6 Å². The lowest BCUT2D eigenvalue weighted by atomic mass is 9.96. The van der Waals surface area contributed by atoms with E-state index in [2.05, 4.69) is 23.9 Å². The largest absolute Gasteiger partial charge is 0.474 e. The van der Waals surface area contributed by atoms with E-state index >= 15 is 0 Å². The Bertz CT molecular complexity index is 273. The molecule has 1 aliphatic rings. The molecular weight excluding hydrogens is 212 g/mol. The molecular formula is C14H26N2O. The highest BCUT2D eigenvalue weighted by atomic mass is 16.5. The fourth-order valence-corrected chi connectivity index (χ4v) is 2.39. The normalized spacial score (nSPS) is 27.6. The fourth-order valence-electron chi connectivity index (χ4n) is 2.39. The summed E-state index contributed by atoms with van der Waals surface area (Å²) in [5.41, 5.74) is 0. The SMILES string of the molecule is C/C=C\C(=N/C)OC1CCN(C)[C@@H](CCC)C1. The van der Waals surface area contributed by atoms with Gasteiger partial charge in [0.2, 0.25) is 5.90 Å². The first-order chi connectivity index (χ1) is 8.21. The average Bonchev–Trinajstić information content (AvgIpc) is 2.33. The molecule has 3 heteroatoms. The van der Waals surface area contributed by atoms with Gasteiger partial charge in [0.25, 0.3) is 0 Å². The highest BCUT2D eigenvalue weighted by molar-refractivity contribution is 5.87. The summed E-state index contributed by atoms with van der Waals surface area (Å²) >= 11 is 0. The van der Waals surface area contributed by atoms with E-state index in [4.69, 9.17) is 4.74 Å². The number of ether oxygens (including phenoxy) is 1. The number of rotatable bonds is 4. The second-order valence-corrected chi connectivity index (χ2v) is 4.75. The summed E-state index contributed by atoms with van der Waals surface area (Å²) in [4.78, 5) is 6.62. The molecule has 1 rings (SSSR count). The Hall–Kier alpha value is -0.830. The summed E-state index contributed by atoms with van der Waals surface area (Å²) in [7, 11) is 4.01. The molecule has 0 saturated carbocycles. The summed E-state index contributed by atoms with van der Waals surface area (Å²) < 4.78 is 5.94. The molecule has 0 bridgehead atoms. The lowest BCUT2D eigenvalue weighted by Gasteiger charge is -2.37. The van der Waals surface area contributed by atoms with E-state index in [0.717, 1.165) is 25.3 Å². The van der Waals surface area contributed by atoms with E-state index in [-0.39, 0.29) is 0 Å². The van der Waals surface area contributed by atoms with Gasteiger partial charge in [0.15, 0.2) is 0 Å². The summed E-state index contributed by atoms with van der Waals surface area (Å²) in [5.74, 6) is 0.761. The average molecular weight is 238 g/mol. The first-order valence-electron chi connectivity index (χ1n) is 6.67. The van der Waals surface area contributed by atoms with Gasteiger partial charge in [-0.2, -0.15) is 0 Å². The van der Waals surface area contributed by atoms with Crippen molar-refractivity contribution in [3.05, 3.63) is 12.2 Å². The van der Waals surface area contributed by atoms with E-state index in [9.17, 15) is 0 Å². The minimum atomic E-state index is 0.331. The van der Waals surface area contributed by atoms with Crippen molar-refractivity contribution in [1.29, 1.82) is 0 Å². The van der Waals surface area contributed by atoms with E-state index in [1.807, 2.05) is 19.1 Å². The van der Waals surface area contributed by atoms with Gasteiger partial charge in [-0.05, 0) is 39.3 Å². The number of hydrogen-bond donors (Lipinski definition) is 0. The minimum absolute atomic E-state index is 0.331. The maximum atomic E-state index is 5.94. The van der Waals surface area contributed by atoms with Crippen molar-refractivity contribution in [3.8, 4) is 0 Å². The fraction of sp³-hybridized carbons (Fsp3) is 0.786. The van der Waals surface area contributed by atoms with Crippen LogP contribution in [0.5, 0.6) is 0 Å². The minimum Gasteiger partial charge on any atom is -0.474 e. The molecule has 0 N–H and O–H groups in total. The van der Waals surface area contributed by atoms with Gasteiger partial charge in [-0.25, -0.2) is 0 Å². The van der Waals surface area contributed by atoms with Crippen molar-refractivity contribution in [1.82, 2.24) is 4.90 Å². The predicted octanol–water partition coefficient (Wildman–Crippen LogP) is 2.87. The molecule has 1 aliphatic heterocycles. The van der Waals surface area contributed by atoms with Crippen LogP contribution in [0, 0.1) is 0 Å². The lowest BCUT2D eigenvalue weighted by molar-refractivity contribution is 0.0613. The maximum absolute atomic E-state index is 5.94. The number of aliphatic imine (C=N–C) groups is 1. The standard InChI is InChI=1S/C14H26N2O/c1-5-7-12-11-13(9-10-16(12)4)17-14(15-3)8-6-2/h6,8,12-13H,5,7,9-11H2,1-4H3/b8-6-,15-14+/t12-,13?/m0/s1. The van der Waals surface area contributed by atoms with Crippen molar-refractivity contribution in [3.63, 3.8) is 0 Å². The topological polar surface area (TPSA) is 24.8 Å². The molecule has 0 radical (unpaired) electrons. The first-order valence-corrected chi connectivity index (χ1v) is 6.67. The summed E-state index contributed by atoms with van der Waals surface area (Å²) in [6.07, 6.45) is 8.98. The van der Waals surface area contributed by atoms with Crippen LogP contribution >= 0.6 is 0 Å². The quantitative estimate of drug-likeness (QED) is 0.556. The van der Waals surface area contributed by atoms with Crippen LogP contribution in [0.2, 0.25) is 0 Å². The van der Waals surface area contributed by atoms with Crippen LogP contribution in [0.25, 0.3) is 0 Å². The summed E-state index contributed by atoms with van der Waals surface area (Å²) in [6.45, 7) is 5.36. The molecule has 0 aromatic rings. The third-order valence-electron chi connectivity index (χ3n) is 3.40. The molecule has 0 amide bonds. The molecule has 1 saturated heterocycles. The van der Waals surface area contributed by atoms with Gasteiger partial charge in [0.1, 0.15) is 6.10 Å². The first kappa shape index (κ1) is 14.2. The Morgan fingerprint density at radius 3 is 2.88 bits per heavy atom. The lowest BCUT2D eigenvalue weighted by Crippen LogP contribution is -2.43. The summed E-state index contributed by atoms with van der Waals surface area (Å²) in [6, 6.07) is 0.669. The number of allylic oxidation sites excluding steroid dienone is 1. The molecule has 0 aliphatic carbocycles. The predicted molar refractivity (Wildman–Crippen MR) is 73.6 cm³/mol. The van der Waals surface area contributed by atoms with Crippen molar-refractivity contribution in [2.45, 2.75) is 51.7 Å². The van der Waals surface area contributed by atoms with Crippen LogP contribution in [0.15, 0.2) is 17.1 Å². The zero-order valence-corrected chi connectivity index (χ0v) is 11.6. The van der Waals surface area contributed by atoms with Gasteiger partial charge in [0, 0.05) is 19.6 Å². The van der Waals surface area contributed by atoms with Gasteiger partial charge >= 0.3 is 0 Å². The Balaban J connectivity index is 2.50. The zero-order chi connectivity index (χ0) is 12.7. The monoisotopic (exact) mass is 238 g/mol. The highest BCUT2D eigenvalue weighted by Gasteiger charge is 2.26. The van der Waals surface area contributed by atoms with Gasteiger partial charge in [-0.15, -0.1) is 0 Å². The third kappa shape index (κ3) is 4.50. The Morgan fingerprint density at radius 2 is 2.29 bits per heavy atom. The van der Waals surface area contributed by atoms with Crippen LogP contribution in [0.3, 0.4) is 0 Å². The molecule has 98 valence electrons. The van der Waals surface area contributed by atoms with Crippen LogP contribution in [0.4, 0.5) is 0 Å². The van der Waals surface area contributed by atoms with E-state index < -0.39 is 0 Å². The highest BCUT2D eigenvalue weighted by Crippen LogP contribution is 2.22. The van der Waals surface area contributed by atoms with E-state index in [0.29, 0.717) is 12.1 Å². The molecule has 17 heavy (non-hydrogen) atoms. The summed E-state index contributed by atoms with van der Waals surface area (Å²) in [5, 5.41) is 0. The third-order valence-corrected chi connectivity index (χ3v) is 3.40. The van der Waals surface area contributed by atoms with E-state index in [1.165, 1.54) is 12.8 Å². The second-order valence-electron chi connectivity index (χ2n) is 4.75. The van der Waals surface area contributed by atoms with Crippen LogP contribution in [-0.4, -0.2) is 43.6 Å². The van der Waals surface area contributed by atoms with E-state index in [1.54, 1.807) is 7.05 Å². The number of piperidine rings is 1. The molecule has 0 aromatic heterocycles. The molecule has 1 heterocycles. The Morgan fingerprint density at radius 1 is 1.53 bits per heavy atom. The number of hydrogen-bond acceptors (Lipinski definition) is 3. The maximum Gasteiger partial charge on any atom is 0.208 e. The van der Waals surface area contributed by atoms with Gasteiger partial charge < -0.3 is 9.64 Å². The van der Waals surface area contributed by atoms with Crippen LogP contribution < -0.4 is 0 Å². The van der Waals surface area contributed by atoms with Gasteiger partial charge in [-0.1, -0.05) is 19.4 Å². The second kappa shape index (κ2) is 7.49. The number of likely N-dealkylation sites (tertiary alicyclic amines) is 1. The molecule has 2 atom stereocenters. The van der Waals surface area contributed by atoms with Crippen LogP contribution in [-0.2, 0) is 4.74 Å². The smallest absolute Gasteiger partial charge is 0.208 e.